The number of rotatable bonds is 5. The lowest BCUT2D eigenvalue weighted by atomic mass is 9.70. The maximum absolute atomic E-state index is 11.0. The standard InChI is InChI=1S/C15H20N2O4/c1-2-20-12-9-11(15(12)7-4-8-21-15)17-13-6-3-5-10(16-13)14(18)19/h3,5-6,11-12H,2,4,7-9H2,1H3,(H,16,17)(H,18,19)/t11-,12-,15-/m1/s1. The average molecular weight is 292 g/mol. The van der Waals surface area contributed by atoms with E-state index < -0.39 is 5.97 Å². The van der Waals surface area contributed by atoms with Crippen molar-refractivity contribution in [3.05, 3.63) is 23.9 Å². The highest BCUT2D eigenvalue weighted by Gasteiger charge is 2.58. The van der Waals surface area contributed by atoms with Crippen molar-refractivity contribution in [3.8, 4) is 0 Å². The van der Waals surface area contributed by atoms with Crippen molar-refractivity contribution in [2.45, 2.75) is 43.9 Å². The van der Waals surface area contributed by atoms with Gasteiger partial charge < -0.3 is 19.9 Å². The van der Waals surface area contributed by atoms with Crippen LogP contribution in [-0.4, -0.2) is 47.0 Å². The number of aromatic nitrogens is 1. The Kier molecular flexibility index (Phi) is 3.82. The number of aromatic carboxylic acids is 1. The van der Waals surface area contributed by atoms with E-state index >= 15 is 0 Å². The number of carbonyl (C=O) groups is 1. The van der Waals surface area contributed by atoms with Crippen LogP contribution < -0.4 is 5.32 Å². The first-order valence-electron chi connectivity index (χ1n) is 7.38. The van der Waals surface area contributed by atoms with Gasteiger partial charge in [-0.1, -0.05) is 6.07 Å². The van der Waals surface area contributed by atoms with E-state index in [1.54, 1.807) is 12.1 Å². The summed E-state index contributed by atoms with van der Waals surface area (Å²) >= 11 is 0. The molecular formula is C15H20N2O4. The first-order valence-corrected chi connectivity index (χ1v) is 7.38. The minimum Gasteiger partial charge on any atom is -0.477 e. The molecule has 6 heteroatoms. The first kappa shape index (κ1) is 14.3. The number of carboxylic acids is 1. The van der Waals surface area contributed by atoms with Crippen LogP contribution in [0.25, 0.3) is 0 Å². The second-order valence-electron chi connectivity index (χ2n) is 5.50. The van der Waals surface area contributed by atoms with Crippen molar-refractivity contribution >= 4 is 11.8 Å². The number of hydrogen-bond donors (Lipinski definition) is 2. The Bertz CT molecular complexity index is 528. The quantitative estimate of drug-likeness (QED) is 0.863. The Hall–Kier alpha value is -1.66. The third-order valence-corrected chi connectivity index (χ3v) is 4.33. The molecule has 1 aliphatic heterocycles. The molecule has 21 heavy (non-hydrogen) atoms. The summed E-state index contributed by atoms with van der Waals surface area (Å²) in [6.07, 6.45) is 2.97. The van der Waals surface area contributed by atoms with Gasteiger partial charge in [-0.15, -0.1) is 0 Å². The Labute approximate surface area is 123 Å². The van der Waals surface area contributed by atoms with Crippen molar-refractivity contribution in [2.24, 2.45) is 0 Å². The molecule has 0 bridgehead atoms. The largest absolute Gasteiger partial charge is 0.477 e. The molecule has 1 aromatic rings. The topological polar surface area (TPSA) is 80.7 Å². The fraction of sp³-hybridized carbons (Fsp3) is 0.600. The summed E-state index contributed by atoms with van der Waals surface area (Å²) in [5, 5.41) is 12.3. The van der Waals surface area contributed by atoms with Gasteiger partial charge in [-0.3, -0.25) is 0 Å². The molecule has 0 amide bonds. The van der Waals surface area contributed by atoms with E-state index in [2.05, 4.69) is 10.3 Å². The van der Waals surface area contributed by atoms with Crippen LogP contribution in [0.4, 0.5) is 5.82 Å². The fourth-order valence-corrected chi connectivity index (χ4v) is 3.29. The Morgan fingerprint density at radius 2 is 2.48 bits per heavy atom. The molecule has 0 aromatic carbocycles. The Morgan fingerprint density at radius 3 is 3.14 bits per heavy atom. The molecule has 114 valence electrons. The van der Waals surface area contributed by atoms with Gasteiger partial charge in [0, 0.05) is 13.2 Å². The van der Waals surface area contributed by atoms with Gasteiger partial charge in [-0.25, -0.2) is 9.78 Å². The molecule has 6 nitrogen and oxygen atoms in total. The van der Waals surface area contributed by atoms with E-state index in [0.717, 1.165) is 25.9 Å². The second kappa shape index (κ2) is 5.61. The molecule has 1 spiro atoms. The fourth-order valence-electron chi connectivity index (χ4n) is 3.29. The lowest BCUT2D eigenvalue weighted by molar-refractivity contribution is -0.184. The molecule has 2 fully saturated rings. The number of anilines is 1. The monoisotopic (exact) mass is 292 g/mol. The van der Waals surface area contributed by atoms with Gasteiger partial charge in [-0.2, -0.15) is 0 Å². The minimum atomic E-state index is -1.02. The molecule has 2 heterocycles. The summed E-state index contributed by atoms with van der Waals surface area (Å²) in [5.41, 5.74) is -0.237. The molecule has 2 aliphatic rings. The summed E-state index contributed by atoms with van der Waals surface area (Å²) in [6, 6.07) is 5.08. The van der Waals surface area contributed by atoms with E-state index in [1.165, 1.54) is 6.07 Å². The van der Waals surface area contributed by atoms with E-state index in [4.69, 9.17) is 14.6 Å². The van der Waals surface area contributed by atoms with Crippen molar-refractivity contribution in [2.75, 3.05) is 18.5 Å². The number of pyridine rings is 1. The van der Waals surface area contributed by atoms with E-state index in [1.807, 2.05) is 6.92 Å². The minimum absolute atomic E-state index is 0.0436. The predicted molar refractivity (Wildman–Crippen MR) is 76.6 cm³/mol. The maximum atomic E-state index is 11.0. The second-order valence-corrected chi connectivity index (χ2v) is 5.50. The Balaban J connectivity index is 1.73. The van der Waals surface area contributed by atoms with Crippen molar-refractivity contribution < 1.29 is 19.4 Å². The highest BCUT2D eigenvalue weighted by molar-refractivity contribution is 5.85. The van der Waals surface area contributed by atoms with E-state index in [9.17, 15) is 4.79 Å². The zero-order chi connectivity index (χ0) is 14.9. The van der Waals surface area contributed by atoms with Crippen LogP contribution in [0.1, 0.15) is 36.7 Å². The van der Waals surface area contributed by atoms with Gasteiger partial charge >= 0.3 is 5.97 Å². The zero-order valence-corrected chi connectivity index (χ0v) is 12.0. The highest BCUT2D eigenvalue weighted by Crippen LogP contribution is 2.46. The molecule has 0 radical (unpaired) electrons. The molecular weight excluding hydrogens is 272 g/mol. The van der Waals surface area contributed by atoms with Gasteiger partial charge in [0.1, 0.15) is 11.4 Å². The first-order chi connectivity index (χ1) is 10.2. The number of nitrogens with one attached hydrogen (secondary N) is 1. The summed E-state index contributed by atoms with van der Waals surface area (Å²) < 4.78 is 11.7. The third-order valence-electron chi connectivity index (χ3n) is 4.33. The van der Waals surface area contributed by atoms with Crippen LogP contribution >= 0.6 is 0 Å². The number of hydrogen-bond acceptors (Lipinski definition) is 5. The summed E-state index contributed by atoms with van der Waals surface area (Å²) in [6.45, 7) is 3.42. The molecule has 1 aliphatic carbocycles. The van der Waals surface area contributed by atoms with Crippen LogP contribution in [0.3, 0.4) is 0 Å². The van der Waals surface area contributed by atoms with Gasteiger partial charge in [0.2, 0.25) is 0 Å². The van der Waals surface area contributed by atoms with Crippen molar-refractivity contribution in [3.63, 3.8) is 0 Å². The van der Waals surface area contributed by atoms with Crippen LogP contribution in [-0.2, 0) is 9.47 Å². The lowest BCUT2D eigenvalue weighted by Gasteiger charge is -2.52. The highest BCUT2D eigenvalue weighted by atomic mass is 16.6. The molecule has 3 rings (SSSR count). The molecule has 1 saturated carbocycles. The molecule has 0 unspecified atom stereocenters. The number of ether oxygens (including phenoxy) is 2. The Morgan fingerprint density at radius 1 is 1.62 bits per heavy atom. The van der Waals surface area contributed by atoms with Crippen LogP contribution in [0.5, 0.6) is 0 Å². The normalized spacial score (nSPS) is 31.1. The smallest absolute Gasteiger partial charge is 0.354 e. The van der Waals surface area contributed by atoms with Crippen LogP contribution in [0, 0.1) is 0 Å². The average Bonchev–Trinajstić information content (AvgIpc) is 2.99. The number of nitrogens with zero attached hydrogens (tertiary/aromatic N) is 1. The van der Waals surface area contributed by atoms with Gasteiger partial charge in [0.05, 0.1) is 12.1 Å². The van der Waals surface area contributed by atoms with Gasteiger partial charge in [-0.05, 0) is 38.3 Å². The van der Waals surface area contributed by atoms with Crippen molar-refractivity contribution in [1.82, 2.24) is 4.98 Å². The molecule has 1 saturated heterocycles. The third kappa shape index (κ3) is 2.49. The molecule has 2 N–H and O–H groups in total. The summed E-state index contributed by atoms with van der Waals surface area (Å²) in [4.78, 5) is 15.1. The predicted octanol–water partition coefficient (Wildman–Crippen LogP) is 1.92. The summed E-state index contributed by atoms with van der Waals surface area (Å²) in [5.74, 6) is -0.448. The maximum Gasteiger partial charge on any atom is 0.354 e. The lowest BCUT2D eigenvalue weighted by Crippen LogP contribution is -2.66. The summed E-state index contributed by atoms with van der Waals surface area (Å²) in [7, 11) is 0. The van der Waals surface area contributed by atoms with Crippen LogP contribution in [0.2, 0.25) is 0 Å². The van der Waals surface area contributed by atoms with Crippen LogP contribution in [0.15, 0.2) is 18.2 Å². The van der Waals surface area contributed by atoms with Gasteiger partial charge in [0.15, 0.2) is 5.69 Å². The van der Waals surface area contributed by atoms with Crippen molar-refractivity contribution in [1.29, 1.82) is 0 Å². The van der Waals surface area contributed by atoms with Gasteiger partial charge in [0.25, 0.3) is 0 Å². The number of carboxylic acid groups (broad SMARTS) is 1. The molecule has 1 aromatic heterocycles. The zero-order valence-electron chi connectivity index (χ0n) is 12.0. The van der Waals surface area contributed by atoms with E-state index in [-0.39, 0.29) is 23.4 Å². The van der Waals surface area contributed by atoms with E-state index in [0.29, 0.717) is 12.4 Å². The SMILES string of the molecule is CCO[C@@H]1C[C@@H](Nc2cccc(C(=O)O)n2)[C@]12CCCO2. The molecule has 3 atom stereocenters.